The maximum Gasteiger partial charge on any atom is 0.169 e. The molecule has 102 valence electrons. The van der Waals surface area contributed by atoms with E-state index in [1.807, 2.05) is 30.3 Å². The van der Waals surface area contributed by atoms with Gasteiger partial charge in [-0.3, -0.25) is 5.84 Å². The number of hydrogen-bond acceptors (Lipinski definition) is 4. The van der Waals surface area contributed by atoms with Gasteiger partial charge in [-0.05, 0) is 58.2 Å². The minimum absolute atomic E-state index is 0.116. The highest BCUT2D eigenvalue weighted by Gasteiger charge is 2.17. The van der Waals surface area contributed by atoms with Crippen molar-refractivity contribution in [2.45, 2.75) is 12.5 Å². The Morgan fingerprint density at radius 1 is 1.32 bits per heavy atom. The number of methoxy groups -OCH3 is 1. The molecule has 4 nitrogen and oxygen atoms in total. The Morgan fingerprint density at radius 2 is 2.11 bits per heavy atom. The average molecular weight is 390 g/mol. The Bertz CT molecular complexity index is 557. The first-order chi connectivity index (χ1) is 9.13. The number of nitrogens with one attached hydrogen (secondary N) is 1. The van der Waals surface area contributed by atoms with Gasteiger partial charge in [-0.15, -0.1) is 0 Å². The molecule has 0 radical (unpaired) electrons. The summed E-state index contributed by atoms with van der Waals surface area (Å²) in [6, 6.07) is 9.49. The second-order valence-corrected chi connectivity index (χ2v) is 5.72. The molecule has 2 aromatic rings. The van der Waals surface area contributed by atoms with Gasteiger partial charge in [-0.1, -0.05) is 15.9 Å². The van der Waals surface area contributed by atoms with Gasteiger partial charge in [0, 0.05) is 4.47 Å². The summed E-state index contributed by atoms with van der Waals surface area (Å²) in [5.74, 6) is 7.22. The Kier molecular flexibility index (Phi) is 5.04. The molecule has 0 aliphatic carbocycles. The van der Waals surface area contributed by atoms with E-state index in [4.69, 9.17) is 15.0 Å². The molecule has 1 unspecified atom stereocenters. The summed E-state index contributed by atoms with van der Waals surface area (Å²) in [6.45, 7) is 0. The van der Waals surface area contributed by atoms with Crippen LogP contribution >= 0.6 is 31.9 Å². The largest absolute Gasteiger partial charge is 0.496 e. The first-order valence-electron chi connectivity index (χ1n) is 5.68. The summed E-state index contributed by atoms with van der Waals surface area (Å²) in [6.07, 6.45) is 0.666. The number of nitrogens with two attached hydrogens (primary N) is 1. The van der Waals surface area contributed by atoms with Gasteiger partial charge in [-0.25, -0.2) is 5.43 Å². The van der Waals surface area contributed by atoms with Crippen molar-refractivity contribution in [3.63, 3.8) is 0 Å². The van der Waals surface area contributed by atoms with Crippen LogP contribution in [0.5, 0.6) is 5.75 Å². The average Bonchev–Trinajstić information content (AvgIpc) is 2.82. The summed E-state index contributed by atoms with van der Waals surface area (Å²) in [4.78, 5) is 0. The molecular formula is C13H14Br2N2O2. The third-order valence-corrected chi connectivity index (χ3v) is 3.72. The second kappa shape index (κ2) is 6.56. The second-order valence-electron chi connectivity index (χ2n) is 4.02. The Balaban J connectivity index is 2.25. The van der Waals surface area contributed by atoms with Gasteiger partial charge in [0.25, 0.3) is 0 Å². The van der Waals surface area contributed by atoms with E-state index in [1.165, 1.54) is 0 Å². The van der Waals surface area contributed by atoms with E-state index in [0.717, 1.165) is 21.5 Å². The van der Waals surface area contributed by atoms with Gasteiger partial charge >= 0.3 is 0 Å². The Labute approximate surface area is 128 Å². The number of benzene rings is 1. The highest BCUT2D eigenvalue weighted by Crippen LogP contribution is 2.29. The molecule has 1 heterocycles. The molecular weight excluding hydrogens is 376 g/mol. The molecule has 0 aliphatic heterocycles. The molecule has 1 atom stereocenters. The molecule has 0 saturated carbocycles. The molecule has 1 aromatic carbocycles. The summed E-state index contributed by atoms with van der Waals surface area (Å²) in [7, 11) is 1.65. The maximum absolute atomic E-state index is 5.61. The normalized spacial score (nSPS) is 12.4. The monoisotopic (exact) mass is 388 g/mol. The summed E-state index contributed by atoms with van der Waals surface area (Å²) in [5, 5.41) is 0. The van der Waals surface area contributed by atoms with E-state index < -0.39 is 0 Å². The van der Waals surface area contributed by atoms with Gasteiger partial charge < -0.3 is 9.15 Å². The highest BCUT2D eigenvalue weighted by molar-refractivity contribution is 9.10. The zero-order valence-corrected chi connectivity index (χ0v) is 13.5. The zero-order chi connectivity index (χ0) is 13.8. The van der Waals surface area contributed by atoms with E-state index in [2.05, 4.69) is 37.3 Å². The Morgan fingerprint density at radius 3 is 2.68 bits per heavy atom. The van der Waals surface area contributed by atoms with Gasteiger partial charge in [0.2, 0.25) is 0 Å². The fourth-order valence-corrected chi connectivity index (χ4v) is 2.61. The molecule has 6 heteroatoms. The number of rotatable bonds is 5. The summed E-state index contributed by atoms with van der Waals surface area (Å²) in [5.41, 5.74) is 3.81. The molecule has 1 aromatic heterocycles. The molecule has 0 amide bonds. The minimum atomic E-state index is -0.116. The summed E-state index contributed by atoms with van der Waals surface area (Å²) >= 11 is 6.75. The number of hydrogen-bond donors (Lipinski definition) is 2. The molecule has 0 fully saturated rings. The van der Waals surface area contributed by atoms with Crippen molar-refractivity contribution in [3.8, 4) is 5.75 Å². The lowest BCUT2D eigenvalue weighted by Gasteiger charge is -2.16. The van der Waals surface area contributed by atoms with E-state index in [-0.39, 0.29) is 6.04 Å². The van der Waals surface area contributed by atoms with Crippen molar-refractivity contribution in [2.24, 2.45) is 5.84 Å². The van der Waals surface area contributed by atoms with Gasteiger partial charge in [0.1, 0.15) is 11.5 Å². The standard InChI is InChI=1S/C13H14Br2N2O2/c1-18-11-3-2-9(14)6-8(11)7-10(17-16)12-4-5-13(15)19-12/h2-6,10,17H,7,16H2,1H3. The van der Waals surface area contributed by atoms with Crippen LogP contribution < -0.4 is 16.0 Å². The lowest BCUT2D eigenvalue weighted by Crippen LogP contribution is -2.29. The third-order valence-electron chi connectivity index (χ3n) is 2.81. The quantitative estimate of drug-likeness (QED) is 0.606. The van der Waals surface area contributed by atoms with Crippen LogP contribution in [0.1, 0.15) is 17.4 Å². The topological polar surface area (TPSA) is 60.4 Å². The van der Waals surface area contributed by atoms with Crippen LogP contribution in [0.15, 0.2) is 43.9 Å². The molecule has 19 heavy (non-hydrogen) atoms. The van der Waals surface area contributed by atoms with Crippen molar-refractivity contribution in [1.82, 2.24) is 5.43 Å². The highest BCUT2D eigenvalue weighted by atomic mass is 79.9. The maximum atomic E-state index is 5.61. The lowest BCUT2D eigenvalue weighted by molar-refractivity contribution is 0.387. The van der Waals surface area contributed by atoms with Gasteiger partial charge in [0.15, 0.2) is 4.67 Å². The van der Waals surface area contributed by atoms with E-state index in [0.29, 0.717) is 11.1 Å². The first kappa shape index (κ1) is 14.6. The van der Waals surface area contributed by atoms with Crippen LogP contribution in [0, 0.1) is 0 Å². The number of hydrazine groups is 1. The third kappa shape index (κ3) is 3.60. The predicted molar refractivity (Wildman–Crippen MR) is 80.9 cm³/mol. The van der Waals surface area contributed by atoms with Crippen molar-refractivity contribution < 1.29 is 9.15 Å². The predicted octanol–water partition coefficient (Wildman–Crippen LogP) is 3.56. The van der Waals surface area contributed by atoms with Crippen LogP contribution in [-0.2, 0) is 6.42 Å². The molecule has 0 aliphatic rings. The number of ether oxygens (including phenoxy) is 1. The lowest BCUT2D eigenvalue weighted by atomic mass is 10.0. The molecule has 0 spiro atoms. The van der Waals surface area contributed by atoms with Crippen LogP contribution in [0.25, 0.3) is 0 Å². The number of furan rings is 1. The zero-order valence-electron chi connectivity index (χ0n) is 10.3. The van der Waals surface area contributed by atoms with Gasteiger partial charge in [-0.2, -0.15) is 0 Å². The van der Waals surface area contributed by atoms with Crippen LogP contribution in [0.2, 0.25) is 0 Å². The smallest absolute Gasteiger partial charge is 0.169 e. The Hall–Kier alpha value is -0.820. The molecule has 0 bridgehead atoms. The van der Waals surface area contributed by atoms with Crippen LogP contribution in [-0.4, -0.2) is 7.11 Å². The SMILES string of the molecule is COc1ccc(Br)cc1CC(NN)c1ccc(Br)o1. The van der Waals surface area contributed by atoms with E-state index in [9.17, 15) is 0 Å². The first-order valence-corrected chi connectivity index (χ1v) is 7.26. The summed E-state index contributed by atoms with van der Waals surface area (Å²) < 4.78 is 12.6. The van der Waals surface area contributed by atoms with Crippen molar-refractivity contribution >= 4 is 31.9 Å². The molecule has 0 saturated heterocycles. The fraction of sp³-hybridized carbons (Fsp3) is 0.231. The minimum Gasteiger partial charge on any atom is -0.496 e. The van der Waals surface area contributed by atoms with Crippen LogP contribution in [0.4, 0.5) is 0 Å². The van der Waals surface area contributed by atoms with Crippen molar-refractivity contribution in [3.05, 3.63) is 50.8 Å². The molecule has 2 rings (SSSR count). The van der Waals surface area contributed by atoms with E-state index >= 15 is 0 Å². The van der Waals surface area contributed by atoms with E-state index in [1.54, 1.807) is 7.11 Å². The fourth-order valence-electron chi connectivity index (χ4n) is 1.88. The molecule has 3 N–H and O–H groups in total. The van der Waals surface area contributed by atoms with Crippen molar-refractivity contribution in [2.75, 3.05) is 7.11 Å². The van der Waals surface area contributed by atoms with Crippen LogP contribution in [0.3, 0.4) is 0 Å². The van der Waals surface area contributed by atoms with Crippen molar-refractivity contribution in [1.29, 1.82) is 0 Å². The van der Waals surface area contributed by atoms with Gasteiger partial charge in [0.05, 0.1) is 13.2 Å². The number of halogens is 2.